The van der Waals surface area contributed by atoms with Crippen LogP contribution in [0.2, 0.25) is 0 Å². The number of benzene rings is 12. The second-order valence-electron chi connectivity index (χ2n) is 23.0. The third-order valence-electron chi connectivity index (χ3n) is 17.6. The summed E-state index contributed by atoms with van der Waals surface area (Å²) in [4.78, 5) is 12.4. The smallest absolute Gasteiger partial charge is 1.00 e. The minimum absolute atomic E-state index is 0. The van der Waals surface area contributed by atoms with E-state index in [0.29, 0.717) is 11.1 Å². The Kier molecular flexibility index (Phi) is 19.6. The third kappa shape index (κ3) is 12.3. The minimum Gasteiger partial charge on any atom is -1.00 e. The van der Waals surface area contributed by atoms with E-state index in [1.165, 1.54) is 99.5 Å². The van der Waals surface area contributed by atoms with Crippen LogP contribution in [0.25, 0.3) is 149 Å². The van der Waals surface area contributed by atoms with E-state index in [4.69, 9.17) is 10.2 Å². The number of H-pyrrole nitrogens is 1. The standard InChI is InChI=1S/C42H26N4.C36H24N2.C6H3BrN2.CH3.HI.Na.H2O/c43-26-28-20-23-40(44-27-28)46-39-19-7-5-17-35(39)37-22-21-36-34-16-4-6-18-38(34)45(41(36)42(37)46)33-15-9-14-32(25-33)31-13-8-12-30(24-31)29-10-2-1-3-11-29;1-2-10-24(11-3-1)25-12-8-13-26(22-25)27-14-9-15-28(23-27)38-34-19-7-5-17-30(34)32-21-20-31-29-16-4-6-18-33(29)37-35(31)36(32)38;7-6-2-1-5(3-8)4-9-6;;;;/h1-25,27H;1-23,37H;1-2,4H;1H3;1H;;1H2/q;;;-1;;+1;/p-2. The molecule has 0 fully saturated rings. The quantitative estimate of drug-likeness (QED) is 0.0734. The monoisotopic (exact) mass is 1430 g/mol. The van der Waals surface area contributed by atoms with Gasteiger partial charge in [-0.3, -0.25) is 4.57 Å². The predicted octanol–water partition coefficient (Wildman–Crippen LogP) is 16.2. The summed E-state index contributed by atoms with van der Waals surface area (Å²) in [5.74, 6) is 0.779. The van der Waals surface area contributed by atoms with E-state index in [2.05, 4.69) is 325 Å². The molecule has 18 rings (SSSR count). The van der Waals surface area contributed by atoms with Crippen LogP contribution >= 0.6 is 15.9 Å². The summed E-state index contributed by atoms with van der Waals surface area (Å²) >= 11 is 3.15. The number of aromatic amines is 1. The molecule has 0 aliphatic carbocycles. The average molecular weight is 1440 g/mol. The Hall–Kier alpha value is -10.7. The third-order valence-corrected chi connectivity index (χ3v) is 18.0. The molecule has 9 nitrogen and oxygen atoms in total. The van der Waals surface area contributed by atoms with E-state index < -0.39 is 0 Å². The van der Waals surface area contributed by atoms with Gasteiger partial charge in [0.2, 0.25) is 0 Å². The molecular formula is C85H57BrIN8NaO-2. The van der Waals surface area contributed by atoms with Gasteiger partial charge in [-0.1, -0.05) is 218 Å². The number of aromatic nitrogens is 6. The fourth-order valence-electron chi connectivity index (χ4n) is 13.3. The maximum absolute atomic E-state index is 9.46. The van der Waals surface area contributed by atoms with Gasteiger partial charge in [0.1, 0.15) is 22.6 Å². The van der Waals surface area contributed by atoms with Crippen LogP contribution in [0.1, 0.15) is 11.1 Å². The summed E-state index contributed by atoms with van der Waals surface area (Å²) in [6.07, 6.45) is 3.17. The van der Waals surface area contributed by atoms with E-state index in [-0.39, 0.29) is 66.4 Å². The summed E-state index contributed by atoms with van der Waals surface area (Å²) in [7, 11) is 0. The second-order valence-corrected chi connectivity index (χ2v) is 23.8. The Balaban J connectivity index is 0.000000160. The number of para-hydroxylation sites is 4. The molecule has 12 aromatic carbocycles. The van der Waals surface area contributed by atoms with Crippen LogP contribution in [-0.2, 0) is 0 Å². The van der Waals surface area contributed by atoms with Gasteiger partial charge in [0, 0.05) is 72.4 Å². The maximum Gasteiger partial charge on any atom is 1.00 e. The van der Waals surface area contributed by atoms with Crippen LogP contribution in [-0.4, -0.2) is 34.1 Å². The molecular weight excluding hydrogens is 1380 g/mol. The van der Waals surface area contributed by atoms with E-state index in [9.17, 15) is 5.26 Å². The van der Waals surface area contributed by atoms with E-state index >= 15 is 0 Å². The topological polar surface area (TPSA) is 134 Å². The van der Waals surface area contributed by atoms with Crippen molar-refractivity contribution in [3.8, 4) is 73.8 Å². The van der Waals surface area contributed by atoms with Gasteiger partial charge < -0.3 is 51.0 Å². The molecule has 0 spiro atoms. The van der Waals surface area contributed by atoms with Crippen LogP contribution in [0.5, 0.6) is 0 Å². The molecule has 97 heavy (non-hydrogen) atoms. The summed E-state index contributed by atoms with van der Waals surface area (Å²) in [6.45, 7) is 0. The van der Waals surface area contributed by atoms with Crippen molar-refractivity contribution in [3.05, 3.63) is 339 Å². The van der Waals surface area contributed by atoms with E-state index in [1.54, 1.807) is 18.3 Å². The molecule has 6 aromatic heterocycles. The molecule has 0 unspecified atom stereocenters. The minimum atomic E-state index is 0. The Morgan fingerprint density at radius 1 is 0.330 bits per heavy atom. The van der Waals surface area contributed by atoms with Gasteiger partial charge in [-0.2, -0.15) is 10.5 Å². The number of nitriles is 2. The average Bonchev–Trinajstić information content (AvgIpc) is 1.57. The molecule has 0 aliphatic heterocycles. The Morgan fingerprint density at radius 2 is 0.701 bits per heavy atom. The number of rotatable bonds is 7. The fourth-order valence-corrected chi connectivity index (χ4v) is 13.6. The van der Waals surface area contributed by atoms with Gasteiger partial charge in [-0.15, -0.1) is 0 Å². The molecule has 2 N–H and O–H groups in total. The summed E-state index contributed by atoms with van der Waals surface area (Å²) < 4.78 is 7.82. The second kappa shape index (κ2) is 28.7. The molecule has 0 amide bonds. The first-order valence-corrected chi connectivity index (χ1v) is 31.5. The van der Waals surface area contributed by atoms with E-state index in [0.717, 1.165) is 60.2 Å². The molecule has 0 radical (unpaired) electrons. The molecule has 12 heteroatoms. The zero-order chi connectivity index (χ0) is 62.4. The molecule has 0 atom stereocenters. The molecule has 18 aromatic rings. The van der Waals surface area contributed by atoms with Crippen molar-refractivity contribution in [2.75, 3.05) is 0 Å². The SMILES string of the molecule is N#Cc1ccc(-n2c3ccccc3c3ccc4c5ccccc5n(-c5cccc(-c6cccc(-c7ccccc7)c6)c5)c4c32)nc1.N#Cc1ccc(Br)nc1.[CH3-].[I-].[Na+].[OH-].c1ccc(-c2cccc(-c3cccc(-n4c5ccccc5c5ccc6c7ccccc7[nH]c6c54)c3)c2)cc1. The first-order valence-electron chi connectivity index (χ1n) is 30.7. The molecule has 0 aliphatic rings. The molecule has 0 bridgehead atoms. The number of nitrogens with one attached hydrogen (secondary N) is 1. The number of pyridine rings is 2. The van der Waals surface area contributed by atoms with Gasteiger partial charge in [0.25, 0.3) is 0 Å². The van der Waals surface area contributed by atoms with Gasteiger partial charge in [-0.05, 0) is 145 Å². The number of hydrogen-bond acceptors (Lipinski definition) is 5. The fraction of sp³-hybridized carbons (Fsp3) is 0. The summed E-state index contributed by atoms with van der Waals surface area (Å²) in [5, 5.41) is 27.5. The molecule has 0 saturated carbocycles. The van der Waals surface area contributed by atoms with Crippen molar-refractivity contribution >= 4 is 103 Å². The van der Waals surface area contributed by atoms with Crippen molar-refractivity contribution in [2.24, 2.45) is 0 Å². The van der Waals surface area contributed by atoms with Crippen molar-refractivity contribution in [3.63, 3.8) is 0 Å². The first kappa shape index (κ1) is 66.3. The van der Waals surface area contributed by atoms with Crippen LogP contribution in [0.3, 0.4) is 0 Å². The molecule has 0 saturated heterocycles. The van der Waals surface area contributed by atoms with Crippen LogP contribution < -0.4 is 53.5 Å². The molecule has 460 valence electrons. The molecule has 6 heterocycles. The summed E-state index contributed by atoms with van der Waals surface area (Å²) in [6, 6.07) is 111. The zero-order valence-corrected chi connectivity index (χ0v) is 58.6. The zero-order valence-electron chi connectivity index (χ0n) is 52.9. The number of fused-ring (bicyclic) bond motifs is 14. The van der Waals surface area contributed by atoms with Gasteiger partial charge in [-0.25, -0.2) is 9.97 Å². The van der Waals surface area contributed by atoms with Crippen molar-refractivity contribution in [1.82, 2.24) is 28.7 Å². The summed E-state index contributed by atoms with van der Waals surface area (Å²) in [5.41, 5.74) is 22.2. The largest absolute Gasteiger partial charge is 1.00 e. The van der Waals surface area contributed by atoms with Crippen LogP contribution in [0.4, 0.5) is 0 Å². The number of hydrogen-bond donors (Lipinski definition) is 1. The maximum atomic E-state index is 9.46. The van der Waals surface area contributed by atoms with Crippen molar-refractivity contribution in [2.45, 2.75) is 0 Å². The Bertz CT molecular complexity index is 5990. The first-order chi connectivity index (χ1) is 46.0. The predicted molar refractivity (Wildman–Crippen MR) is 395 cm³/mol. The van der Waals surface area contributed by atoms with Crippen molar-refractivity contribution in [1.29, 1.82) is 10.5 Å². The number of nitrogens with zero attached hydrogens (tertiary/aromatic N) is 7. The normalized spacial score (nSPS) is 10.8. The Morgan fingerprint density at radius 3 is 1.18 bits per heavy atom. The van der Waals surface area contributed by atoms with Crippen molar-refractivity contribution < 1.29 is 59.0 Å². The van der Waals surface area contributed by atoms with E-state index in [1.807, 2.05) is 18.2 Å². The van der Waals surface area contributed by atoms with Gasteiger partial charge in [0.05, 0.1) is 49.7 Å². The van der Waals surface area contributed by atoms with Gasteiger partial charge in [0.15, 0.2) is 0 Å². The Labute approximate surface area is 608 Å². The number of halogens is 2. The van der Waals surface area contributed by atoms with Crippen LogP contribution in [0.15, 0.2) is 320 Å². The van der Waals surface area contributed by atoms with Gasteiger partial charge >= 0.3 is 29.6 Å². The van der Waals surface area contributed by atoms with Crippen LogP contribution in [0, 0.1) is 30.1 Å².